The van der Waals surface area contributed by atoms with Crippen LogP contribution in [0.5, 0.6) is 0 Å². The molecule has 104 valence electrons. The SMILES string of the molecule is CCCCC(=O)N(CCC)C1COCC1C(=O)O. The number of aliphatic carboxylic acids is 1. The van der Waals surface area contributed by atoms with E-state index in [1.54, 1.807) is 4.90 Å². The van der Waals surface area contributed by atoms with Gasteiger partial charge in [0.1, 0.15) is 5.92 Å². The molecule has 1 saturated heterocycles. The smallest absolute Gasteiger partial charge is 0.311 e. The zero-order valence-corrected chi connectivity index (χ0v) is 11.2. The van der Waals surface area contributed by atoms with E-state index in [4.69, 9.17) is 9.84 Å². The average Bonchev–Trinajstić information content (AvgIpc) is 2.81. The molecule has 5 nitrogen and oxygen atoms in total. The standard InChI is InChI=1S/C13H23NO4/c1-3-5-6-12(15)14(7-4-2)11-9-18-8-10(11)13(16)17/h10-11H,3-9H2,1-2H3,(H,16,17). The van der Waals surface area contributed by atoms with Crippen LogP contribution in [0.3, 0.4) is 0 Å². The van der Waals surface area contributed by atoms with Gasteiger partial charge in [-0.1, -0.05) is 20.3 Å². The molecular formula is C13H23NO4. The van der Waals surface area contributed by atoms with Gasteiger partial charge in [0.2, 0.25) is 5.91 Å². The van der Waals surface area contributed by atoms with Crippen molar-refractivity contribution in [1.82, 2.24) is 4.90 Å². The summed E-state index contributed by atoms with van der Waals surface area (Å²) in [5, 5.41) is 9.14. The van der Waals surface area contributed by atoms with E-state index < -0.39 is 11.9 Å². The maximum absolute atomic E-state index is 12.1. The van der Waals surface area contributed by atoms with E-state index in [1.165, 1.54) is 0 Å². The minimum Gasteiger partial charge on any atom is -0.481 e. The highest BCUT2D eigenvalue weighted by Crippen LogP contribution is 2.21. The number of unbranched alkanes of at least 4 members (excludes halogenated alkanes) is 1. The molecule has 1 aliphatic heterocycles. The Morgan fingerprint density at radius 2 is 2.00 bits per heavy atom. The zero-order chi connectivity index (χ0) is 13.5. The Hall–Kier alpha value is -1.10. The van der Waals surface area contributed by atoms with Gasteiger partial charge in [-0.05, 0) is 12.8 Å². The van der Waals surface area contributed by atoms with Crippen molar-refractivity contribution in [3.8, 4) is 0 Å². The lowest BCUT2D eigenvalue weighted by Gasteiger charge is -2.30. The molecule has 0 aromatic heterocycles. The molecule has 5 heteroatoms. The van der Waals surface area contributed by atoms with Crippen LogP contribution in [0, 0.1) is 5.92 Å². The van der Waals surface area contributed by atoms with Crippen LogP contribution in [-0.2, 0) is 14.3 Å². The minimum absolute atomic E-state index is 0.0560. The highest BCUT2D eigenvalue weighted by molar-refractivity contribution is 5.78. The fraction of sp³-hybridized carbons (Fsp3) is 0.846. The van der Waals surface area contributed by atoms with Crippen molar-refractivity contribution >= 4 is 11.9 Å². The van der Waals surface area contributed by atoms with Gasteiger partial charge < -0.3 is 14.7 Å². The summed E-state index contributed by atoms with van der Waals surface area (Å²) in [4.78, 5) is 25.0. The third-order valence-electron chi connectivity index (χ3n) is 3.30. The Morgan fingerprint density at radius 3 is 2.56 bits per heavy atom. The second-order valence-corrected chi connectivity index (χ2v) is 4.74. The van der Waals surface area contributed by atoms with Crippen molar-refractivity contribution in [2.75, 3.05) is 19.8 Å². The Morgan fingerprint density at radius 1 is 1.28 bits per heavy atom. The van der Waals surface area contributed by atoms with E-state index in [2.05, 4.69) is 0 Å². The van der Waals surface area contributed by atoms with Gasteiger partial charge in [0.05, 0.1) is 19.3 Å². The van der Waals surface area contributed by atoms with E-state index in [0.29, 0.717) is 19.6 Å². The van der Waals surface area contributed by atoms with Crippen molar-refractivity contribution in [3.05, 3.63) is 0 Å². The molecule has 0 aromatic rings. The Balaban J connectivity index is 2.70. The molecule has 0 aliphatic carbocycles. The molecule has 0 saturated carbocycles. The van der Waals surface area contributed by atoms with E-state index in [1.807, 2.05) is 13.8 Å². The van der Waals surface area contributed by atoms with Crippen molar-refractivity contribution in [1.29, 1.82) is 0 Å². The Bertz CT molecular complexity index is 293. The van der Waals surface area contributed by atoms with Crippen LogP contribution < -0.4 is 0 Å². The third-order valence-corrected chi connectivity index (χ3v) is 3.30. The first-order valence-electron chi connectivity index (χ1n) is 6.71. The highest BCUT2D eigenvalue weighted by Gasteiger charge is 2.39. The van der Waals surface area contributed by atoms with Crippen LogP contribution >= 0.6 is 0 Å². The van der Waals surface area contributed by atoms with Crippen LogP contribution in [0.2, 0.25) is 0 Å². The molecule has 1 aliphatic rings. The molecule has 0 radical (unpaired) electrons. The predicted molar refractivity (Wildman–Crippen MR) is 67.3 cm³/mol. The summed E-state index contributed by atoms with van der Waals surface area (Å²) in [6.45, 7) is 5.19. The summed E-state index contributed by atoms with van der Waals surface area (Å²) < 4.78 is 5.24. The van der Waals surface area contributed by atoms with Crippen LogP contribution in [0.25, 0.3) is 0 Å². The Kier molecular flexibility index (Phi) is 6.12. The maximum Gasteiger partial charge on any atom is 0.311 e. The molecule has 0 aromatic carbocycles. The van der Waals surface area contributed by atoms with Gasteiger partial charge in [0, 0.05) is 13.0 Å². The molecule has 18 heavy (non-hydrogen) atoms. The van der Waals surface area contributed by atoms with Gasteiger partial charge in [-0.15, -0.1) is 0 Å². The molecule has 1 rings (SSSR count). The summed E-state index contributed by atoms with van der Waals surface area (Å²) in [6, 6.07) is -0.299. The molecule has 0 spiro atoms. The van der Waals surface area contributed by atoms with Gasteiger partial charge in [-0.25, -0.2) is 0 Å². The lowest BCUT2D eigenvalue weighted by molar-refractivity contribution is -0.145. The number of carbonyl (C=O) groups excluding carboxylic acids is 1. The predicted octanol–water partition coefficient (Wildman–Crippen LogP) is 1.51. The monoisotopic (exact) mass is 257 g/mol. The van der Waals surface area contributed by atoms with Gasteiger partial charge in [-0.2, -0.15) is 0 Å². The summed E-state index contributed by atoms with van der Waals surface area (Å²) in [5.41, 5.74) is 0. The van der Waals surface area contributed by atoms with E-state index >= 15 is 0 Å². The van der Waals surface area contributed by atoms with Gasteiger partial charge in [0.15, 0.2) is 0 Å². The number of rotatable bonds is 7. The fourth-order valence-electron chi connectivity index (χ4n) is 2.27. The van der Waals surface area contributed by atoms with Crippen LogP contribution in [0.1, 0.15) is 39.5 Å². The average molecular weight is 257 g/mol. The van der Waals surface area contributed by atoms with Gasteiger partial charge in [0.25, 0.3) is 0 Å². The topological polar surface area (TPSA) is 66.8 Å². The molecule has 2 atom stereocenters. The van der Waals surface area contributed by atoms with Crippen molar-refractivity contribution in [2.24, 2.45) is 5.92 Å². The summed E-state index contributed by atoms with van der Waals surface area (Å²) >= 11 is 0. The highest BCUT2D eigenvalue weighted by atomic mass is 16.5. The van der Waals surface area contributed by atoms with Crippen LogP contribution in [-0.4, -0.2) is 47.7 Å². The first-order valence-corrected chi connectivity index (χ1v) is 6.71. The number of ether oxygens (including phenoxy) is 1. The number of amides is 1. The fourth-order valence-corrected chi connectivity index (χ4v) is 2.27. The van der Waals surface area contributed by atoms with Crippen LogP contribution in [0.4, 0.5) is 0 Å². The molecule has 2 unspecified atom stereocenters. The van der Waals surface area contributed by atoms with Gasteiger partial charge >= 0.3 is 5.97 Å². The van der Waals surface area contributed by atoms with Crippen molar-refractivity contribution < 1.29 is 19.4 Å². The van der Waals surface area contributed by atoms with E-state index in [9.17, 15) is 9.59 Å². The summed E-state index contributed by atoms with van der Waals surface area (Å²) in [6.07, 6.45) is 3.15. The molecule has 1 amide bonds. The van der Waals surface area contributed by atoms with Crippen molar-refractivity contribution in [2.45, 2.75) is 45.6 Å². The number of hydrogen-bond acceptors (Lipinski definition) is 3. The molecule has 1 fully saturated rings. The second kappa shape index (κ2) is 7.36. The van der Waals surface area contributed by atoms with E-state index in [-0.39, 0.29) is 18.6 Å². The summed E-state index contributed by atoms with van der Waals surface area (Å²) in [7, 11) is 0. The first kappa shape index (κ1) is 15.0. The number of nitrogens with zero attached hydrogens (tertiary/aromatic N) is 1. The maximum atomic E-state index is 12.1. The van der Waals surface area contributed by atoms with Gasteiger partial charge in [-0.3, -0.25) is 9.59 Å². The second-order valence-electron chi connectivity index (χ2n) is 4.74. The third kappa shape index (κ3) is 3.70. The molecular weight excluding hydrogens is 234 g/mol. The minimum atomic E-state index is -0.873. The van der Waals surface area contributed by atoms with Crippen molar-refractivity contribution in [3.63, 3.8) is 0 Å². The summed E-state index contributed by atoms with van der Waals surface area (Å²) in [5.74, 6) is -1.40. The number of carbonyl (C=O) groups is 2. The number of carboxylic acids is 1. The molecule has 1 N–H and O–H groups in total. The molecule has 1 heterocycles. The largest absolute Gasteiger partial charge is 0.481 e. The zero-order valence-electron chi connectivity index (χ0n) is 11.2. The Labute approximate surface area is 108 Å². The number of hydrogen-bond donors (Lipinski definition) is 1. The molecule has 0 bridgehead atoms. The number of carboxylic acid groups (broad SMARTS) is 1. The quantitative estimate of drug-likeness (QED) is 0.751. The lowest BCUT2D eigenvalue weighted by Crippen LogP contribution is -2.46. The van der Waals surface area contributed by atoms with E-state index in [0.717, 1.165) is 19.3 Å². The lowest BCUT2D eigenvalue weighted by atomic mass is 10.0. The normalized spacial score (nSPS) is 23.0. The first-order chi connectivity index (χ1) is 8.61. The van der Waals surface area contributed by atoms with Crippen LogP contribution in [0.15, 0.2) is 0 Å².